The molecule has 0 aliphatic carbocycles. The van der Waals surface area contributed by atoms with Crippen LogP contribution in [0.15, 0.2) is 41.7 Å². The highest BCUT2D eigenvalue weighted by molar-refractivity contribution is 6.31. The topological polar surface area (TPSA) is 28.5 Å². The monoisotopic (exact) mass is 231 g/mol. The first-order chi connectivity index (χ1) is 7.84. The van der Waals surface area contributed by atoms with E-state index < -0.39 is 0 Å². The molecule has 0 radical (unpaired) electrons. The zero-order valence-corrected chi connectivity index (χ0v) is 9.35. The van der Waals surface area contributed by atoms with E-state index in [0.717, 1.165) is 30.1 Å². The first kappa shape index (κ1) is 9.60. The summed E-state index contributed by atoms with van der Waals surface area (Å²) in [4.78, 5) is 10.6. The van der Waals surface area contributed by atoms with Crippen molar-refractivity contribution in [1.29, 1.82) is 0 Å². The third kappa shape index (κ3) is 1.53. The van der Waals surface area contributed by atoms with Crippen LogP contribution in [0.2, 0.25) is 5.15 Å². The van der Waals surface area contributed by atoms with Gasteiger partial charge in [0.2, 0.25) is 0 Å². The lowest BCUT2D eigenvalue weighted by Gasteiger charge is -2.19. The number of allylic oxidation sites excluding steroid dienone is 2. The summed E-state index contributed by atoms with van der Waals surface area (Å²) in [5.74, 6) is 1.03. The third-order valence-electron chi connectivity index (χ3n) is 2.69. The van der Waals surface area contributed by atoms with Crippen molar-refractivity contribution in [3.05, 3.63) is 47.4 Å². The second kappa shape index (κ2) is 3.76. The molecule has 16 heavy (non-hydrogen) atoms. The predicted octanol–water partition coefficient (Wildman–Crippen LogP) is 2.36. The fourth-order valence-electron chi connectivity index (χ4n) is 1.89. The van der Waals surface area contributed by atoms with Gasteiger partial charge < -0.3 is 4.90 Å². The molecular formula is C12H10ClN3. The summed E-state index contributed by atoms with van der Waals surface area (Å²) in [5.41, 5.74) is 2.05. The van der Waals surface area contributed by atoms with Crippen molar-refractivity contribution < 1.29 is 0 Å². The molecule has 0 aromatic carbocycles. The van der Waals surface area contributed by atoms with Crippen molar-refractivity contribution in [2.24, 2.45) is 4.99 Å². The van der Waals surface area contributed by atoms with Crippen LogP contribution in [0.1, 0.15) is 5.56 Å². The van der Waals surface area contributed by atoms with Crippen LogP contribution < -0.4 is 0 Å². The minimum atomic E-state index is 0.540. The average molecular weight is 232 g/mol. The average Bonchev–Trinajstić information content (AvgIpc) is 2.76. The van der Waals surface area contributed by atoms with Crippen molar-refractivity contribution in [2.75, 3.05) is 13.1 Å². The number of aliphatic imine (C=N–C) groups is 1. The second-order valence-corrected chi connectivity index (χ2v) is 4.05. The minimum absolute atomic E-state index is 0.540. The number of nitrogens with zero attached hydrogens (tertiary/aromatic N) is 3. The molecule has 0 saturated carbocycles. The summed E-state index contributed by atoms with van der Waals surface area (Å²) in [6, 6.07) is 3.87. The van der Waals surface area contributed by atoms with Crippen molar-refractivity contribution in [2.45, 2.75) is 0 Å². The normalized spacial score (nSPS) is 18.2. The Balaban J connectivity index is 2.01. The van der Waals surface area contributed by atoms with Gasteiger partial charge in [-0.15, -0.1) is 0 Å². The number of hydrogen-bond acceptors (Lipinski definition) is 3. The van der Waals surface area contributed by atoms with Crippen LogP contribution in [0.5, 0.6) is 0 Å². The molecule has 0 spiro atoms. The van der Waals surface area contributed by atoms with Crippen LogP contribution in [-0.2, 0) is 0 Å². The number of fused-ring (bicyclic) bond motifs is 1. The Labute approximate surface area is 98.8 Å². The van der Waals surface area contributed by atoms with Crippen LogP contribution in [0.3, 0.4) is 0 Å². The standard InChI is InChI=1S/C12H10ClN3/c13-12-10(2-1-5-15-12)9-3-4-11-14-6-7-16(11)8-9/h1-5,8H,6-7H2. The van der Waals surface area contributed by atoms with Gasteiger partial charge in [0.1, 0.15) is 11.0 Å². The van der Waals surface area contributed by atoms with E-state index in [1.807, 2.05) is 24.3 Å². The maximum Gasteiger partial charge on any atom is 0.136 e. The molecule has 1 aromatic heterocycles. The van der Waals surface area contributed by atoms with Crippen molar-refractivity contribution in [3.63, 3.8) is 0 Å². The Kier molecular flexibility index (Phi) is 2.26. The highest BCUT2D eigenvalue weighted by Crippen LogP contribution is 2.26. The summed E-state index contributed by atoms with van der Waals surface area (Å²) in [6.07, 6.45) is 7.83. The summed E-state index contributed by atoms with van der Waals surface area (Å²) < 4.78 is 0. The molecule has 3 rings (SSSR count). The molecule has 0 fully saturated rings. The van der Waals surface area contributed by atoms with Crippen LogP contribution in [-0.4, -0.2) is 28.8 Å². The molecule has 0 saturated heterocycles. The first-order valence-corrected chi connectivity index (χ1v) is 5.54. The van der Waals surface area contributed by atoms with Gasteiger partial charge in [-0.3, -0.25) is 4.99 Å². The summed E-state index contributed by atoms with van der Waals surface area (Å²) in [7, 11) is 0. The molecule has 0 atom stereocenters. The van der Waals surface area contributed by atoms with E-state index in [0.29, 0.717) is 5.15 Å². The molecule has 80 valence electrons. The number of hydrogen-bond donors (Lipinski definition) is 0. The zero-order chi connectivity index (χ0) is 11.0. The quantitative estimate of drug-likeness (QED) is 0.695. The molecular weight excluding hydrogens is 222 g/mol. The van der Waals surface area contributed by atoms with E-state index in [2.05, 4.69) is 21.1 Å². The van der Waals surface area contributed by atoms with Crippen molar-refractivity contribution in [3.8, 4) is 0 Å². The zero-order valence-electron chi connectivity index (χ0n) is 8.60. The second-order valence-electron chi connectivity index (χ2n) is 3.69. The van der Waals surface area contributed by atoms with Gasteiger partial charge in [-0.25, -0.2) is 4.98 Å². The fourth-order valence-corrected chi connectivity index (χ4v) is 2.12. The molecule has 2 aliphatic rings. The highest BCUT2D eigenvalue weighted by Gasteiger charge is 2.17. The molecule has 2 aliphatic heterocycles. The van der Waals surface area contributed by atoms with E-state index in [4.69, 9.17) is 11.6 Å². The van der Waals surface area contributed by atoms with Crippen LogP contribution >= 0.6 is 11.6 Å². The Hall–Kier alpha value is -1.61. The van der Waals surface area contributed by atoms with Crippen LogP contribution in [0.25, 0.3) is 5.57 Å². The number of rotatable bonds is 1. The maximum absolute atomic E-state index is 6.07. The molecule has 4 heteroatoms. The molecule has 0 amide bonds. The Morgan fingerprint density at radius 1 is 1.31 bits per heavy atom. The molecule has 0 bridgehead atoms. The molecule has 0 unspecified atom stereocenters. The van der Waals surface area contributed by atoms with E-state index in [1.54, 1.807) is 6.20 Å². The number of aromatic nitrogens is 1. The SMILES string of the molecule is Clc1ncccc1C1=CN2CCN=C2C=C1. The van der Waals surface area contributed by atoms with E-state index in [9.17, 15) is 0 Å². The van der Waals surface area contributed by atoms with Gasteiger partial charge in [-0.05, 0) is 24.3 Å². The summed E-state index contributed by atoms with van der Waals surface area (Å²) in [6.45, 7) is 1.81. The summed E-state index contributed by atoms with van der Waals surface area (Å²) in [5, 5.41) is 0.540. The molecule has 3 heterocycles. The number of amidine groups is 1. The summed E-state index contributed by atoms with van der Waals surface area (Å²) >= 11 is 6.07. The maximum atomic E-state index is 6.07. The van der Waals surface area contributed by atoms with E-state index in [-0.39, 0.29) is 0 Å². The van der Waals surface area contributed by atoms with Gasteiger partial charge in [0, 0.05) is 30.1 Å². The smallest absolute Gasteiger partial charge is 0.136 e. The third-order valence-corrected chi connectivity index (χ3v) is 2.99. The van der Waals surface area contributed by atoms with Gasteiger partial charge in [0.05, 0.1) is 6.54 Å². The minimum Gasteiger partial charge on any atom is -0.331 e. The lowest BCUT2D eigenvalue weighted by Crippen LogP contribution is -2.22. The lowest BCUT2D eigenvalue weighted by atomic mass is 10.1. The number of pyridine rings is 1. The Bertz CT molecular complexity index is 517. The highest BCUT2D eigenvalue weighted by atomic mass is 35.5. The Morgan fingerprint density at radius 2 is 2.25 bits per heavy atom. The van der Waals surface area contributed by atoms with E-state index in [1.165, 1.54) is 0 Å². The first-order valence-electron chi connectivity index (χ1n) is 5.16. The van der Waals surface area contributed by atoms with Gasteiger partial charge in [0.25, 0.3) is 0 Å². The lowest BCUT2D eigenvalue weighted by molar-refractivity contribution is 0.613. The fraction of sp³-hybridized carbons (Fsp3) is 0.167. The van der Waals surface area contributed by atoms with Crippen LogP contribution in [0.4, 0.5) is 0 Å². The Morgan fingerprint density at radius 3 is 3.12 bits per heavy atom. The number of halogens is 1. The van der Waals surface area contributed by atoms with Gasteiger partial charge >= 0.3 is 0 Å². The van der Waals surface area contributed by atoms with Gasteiger partial charge in [-0.1, -0.05) is 11.6 Å². The predicted molar refractivity (Wildman–Crippen MR) is 65.4 cm³/mol. The molecule has 1 aromatic rings. The molecule has 3 nitrogen and oxygen atoms in total. The van der Waals surface area contributed by atoms with Crippen LogP contribution in [0, 0.1) is 0 Å². The van der Waals surface area contributed by atoms with E-state index >= 15 is 0 Å². The van der Waals surface area contributed by atoms with Gasteiger partial charge in [0.15, 0.2) is 0 Å². The van der Waals surface area contributed by atoms with Gasteiger partial charge in [-0.2, -0.15) is 0 Å². The van der Waals surface area contributed by atoms with Crippen molar-refractivity contribution in [1.82, 2.24) is 9.88 Å². The van der Waals surface area contributed by atoms with Crippen molar-refractivity contribution >= 4 is 23.0 Å². The molecule has 0 N–H and O–H groups in total. The largest absolute Gasteiger partial charge is 0.331 e.